The van der Waals surface area contributed by atoms with Crippen LogP contribution in [0.5, 0.6) is 0 Å². The van der Waals surface area contributed by atoms with E-state index >= 15 is 0 Å². The van der Waals surface area contributed by atoms with Crippen molar-refractivity contribution in [2.45, 2.75) is 39.5 Å². The minimum absolute atomic E-state index is 0.0620. The Labute approximate surface area is 103 Å². The zero-order valence-electron chi connectivity index (χ0n) is 10.7. The van der Waals surface area contributed by atoms with Crippen molar-refractivity contribution in [3.63, 3.8) is 0 Å². The summed E-state index contributed by atoms with van der Waals surface area (Å²) in [4.78, 5) is 12.2. The molecule has 0 saturated heterocycles. The molecule has 1 heteroatoms. The molecule has 0 radical (unpaired) electrons. The predicted octanol–water partition coefficient (Wildman–Crippen LogP) is 3.62. The van der Waals surface area contributed by atoms with Gasteiger partial charge in [-0.05, 0) is 36.2 Å². The van der Waals surface area contributed by atoms with Crippen LogP contribution in [0.1, 0.15) is 38.7 Å². The lowest BCUT2D eigenvalue weighted by Crippen LogP contribution is -2.36. The molecule has 3 atom stereocenters. The van der Waals surface area contributed by atoms with Gasteiger partial charge < -0.3 is 0 Å². The van der Waals surface area contributed by atoms with Gasteiger partial charge in [0.05, 0.1) is 0 Å². The SMILES string of the molecule is CC12CCC(CC1=O)C2(C)Cc1ccccc1. The molecule has 0 amide bonds. The highest BCUT2D eigenvalue weighted by atomic mass is 16.1. The highest BCUT2D eigenvalue weighted by Gasteiger charge is 2.63. The third-order valence-electron chi connectivity index (χ3n) is 5.62. The molecule has 1 aromatic carbocycles. The fourth-order valence-electron chi connectivity index (χ4n) is 4.11. The van der Waals surface area contributed by atoms with Gasteiger partial charge in [0.2, 0.25) is 0 Å². The average Bonchev–Trinajstić information content (AvgIpc) is 2.65. The van der Waals surface area contributed by atoms with Crippen LogP contribution in [0.2, 0.25) is 0 Å². The highest BCUT2D eigenvalue weighted by Crippen LogP contribution is 2.64. The van der Waals surface area contributed by atoms with Crippen molar-refractivity contribution >= 4 is 5.78 Å². The molecule has 0 heterocycles. The van der Waals surface area contributed by atoms with E-state index in [2.05, 4.69) is 44.2 Å². The number of Topliss-reactive ketones (excluding diaryl/α,β-unsaturated/α-hetero) is 1. The van der Waals surface area contributed by atoms with Crippen molar-refractivity contribution in [2.75, 3.05) is 0 Å². The van der Waals surface area contributed by atoms with E-state index in [1.54, 1.807) is 0 Å². The Morgan fingerprint density at radius 1 is 1.24 bits per heavy atom. The van der Waals surface area contributed by atoms with Crippen LogP contribution in [0, 0.1) is 16.7 Å². The first-order valence-electron chi connectivity index (χ1n) is 6.63. The van der Waals surface area contributed by atoms with Crippen LogP contribution in [0.15, 0.2) is 30.3 Å². The first-order valence-corrected chi connectivity index (χ1v) is 6.63. The van der Waals surface area contributed by atoms with Gasteiger partial charge in [0.1, 0.15) is 5.78 Å². The molecule has 2 saturated carbocycles. The number of ketones is 1. The molecule has 2 fully saturated rings. The first kappa shape index (κ1) is 11.0. The molecular formula is C16H20O. The summed E-state index contributed by atoms with van der Waals surface area (Å²) in [5.74, 6) is 1.12. The van der Waals surface area contributed by atoms with E-state index in [9.17, 15) is 4.79 Å². The highest BCUT2D eigenvalue weighted by molar-refractivity contribution is 5.89. The molecular weight excluding hydrogens is 208 g/mol. The number of hydrogen-bond donors (Lipinski definition) is 0. The van der Waals surface area contributed by atoms with Gasteiger partial charge in [-0.1, -0.05) is 44.2 Å². The third kappa shape index (κ3) is 1.34. The molecule has 2 aliphatic carbocycles. The Kier molecular flexibility index (Phi) is 2.23. The van der Waals surface area contributed by atoms with Crippen molar-refractivity contribution in [3.8, 4) is 0 Å². The maximum atomic E-state index is 12.2. The minimum Gasteiger partial charge on any atom is -0.299 e. The second-order valence-electron chi connectivity index (χ2n) is 6.27. The van der Waals surface area contributed by atoms with E-state index in [4.69, 9.17) is 0 Å². The van der Waals surface area contributed by atoms with Crippen molar-refractivity contribution in [1.82, 2.24) is 0 Å². The minimum atomic E-state index is -0.0620. The van der Waals surface area contributed by atoms with Crippen molar-refractivity contribution in [2.24, 2.45) is 16.7 Å². The Morgan fingerprint density at radius 2 is 1.94 bits per heavy atom. The monoisotopic (exact) mass is 228 g/mol. The number of benzene rings is 1. The third-order valence-corrected chi connectivity index (χ3v) is 5.62. The van der Waals surface area contributed by atoms with Crippen molar-refractivity contribution < 1.29 is 4.79 Å². The maximum absolute atomic E-state index is 12.2. The van der Waals surface area contributed by atoms with Gasteiger partial charge in [-0.15, -0.1) is 0 Å². The molecule has 2 bridgehead atoms. The molecule has 3 rings (SSSR count). The summed E-state index contributed by atoms with van der Waals surface area (Å²) in [7, 11) is 0. The Morgan fingerprint density at radius 3 is 2.47 bits per heavy atom. The van der Waals surface area contributed by atoms with E-state index in [-0.39, 0.29) is 10.8 Å². The summed E-state index contributed by atoms with van der Waals surface area (Å²) in [5.41, 5.74) is 1.50. The molecule has 1 nitrogen and oxygen atoms in total. The van der Waals surface area contributed by atoms with Crippen LogP contribution in [0.3, 0.4) is 0 Å². The topological polar surface area (TPSA) is 17.1 Å². The maximum Gasteiger partial charge on any atom is 0.139 e. The fourth-order valence-corrected chi connectivity index (χ4v) is 4.11. The zero-order valence-corrected chi connectivity index (χ0v) is 10.7. The molecule has 17 heavy (non-hydrogen) atoms. The summed E-state index contributed by atoms with van der Waals surface area (Å²) >= 11 is 0. The number of rotatable bonds is 2. The van der Waals surface area contributed by atoms with E-state index < -0.39 is 0 Å². The summed E-state index contributed by atoms with van der Waals surface area (Å²) in [6, 6.07) is 10.6. The van der Waals surface area contributed by atoms with E-state index in [0.29, 0.717) is 11.7 Å². The van der Waals surface area contributed by atoms with Gasteiger partial charge >= 0.3 is 0 Å². The van der Waals surface area contributed by atoms with Crippen LogP contribution < -0.4 is 0 Å². The Bertz CT molecular complexity index is 450. The standard InChI is InChI=1S/C16H20O/c1-15-9-8-13(10-14(15)17)16(15,2)11-12-6-4-3-5-7-12/h3-7,13H,8-11H2,1-2H3. The average molecular weight is 228 g/mol. The van der Waals surface area contributed by atoms with E-state index in [0.717, 1.165) is 19.3 Å². The lowest BCUT2D eigenvalue weighted by Gasteiger charge is -2.37. The molecule has 0 N–H and O–H groups in total. The second kappa shape index (κ2) is 3.44. The molecule has 0 spiro atoms. The predicted molar refractivity (Wildman–Crippen MR) is 68.7 cm³/mol. The first-order chi connectivity index (χ1) is 8.06. The summed E-state index contributed by atoms with van der Waals surface area (Å²) in [6.07, 6.45) is 4.21. The van der Waals surface area contributed by atoms with Crippen LogP contribution in [0.25, 0.3) is 0 Å². The van der Waals surface area contributed by atoms with Gasteiger partial charge in [0, 0.05) is 11.8 Å². The number of hydrogen-bond acceptors (Lipinski definition) is 1. The Hall–Kier alpha value is -1.11. The largest absolute Gasteiger partial charge is 0.299 e. The molecule has 1 aromatic rings. The number of carbonyl (C=O) groups excluding carboxylic acids is 1. The molecule has 90 valence electrons. The van der Waals surface area contributed by atoms with Gasteiger partial charge in [0.25, 0.3) is 0 Å². The molecule has 0 aromatic heterocycles. The van der Waals surface area contributed by atoms with E-state index in [1.165, 1.54) is 12.0 Å². The van der Waals surface area contributed by atoms with Crippen LogP contribution >= 0.6 is 0 Å². The lowest BCUT2D eigenvalue weighted by molar-refractivity contribution is -0.128. The lowest BCUT2D eigenvalue weighted by atomic mass is 9.66. The van der Waals surface area contributed by atoms with Crippen LogP contribution in [0.4, 0.5) is 0 Å². The van der Waals surface area contributed by atoms with Crippen molar-refractivity contribution in [1.29, 1.82) is 0 Å². The summed E-state index contributed by atoms with van der Waals surface area (Å²) in [6.45, 7) is 4.54. The smallest absolute Gasteiger partial charge is 0.139 e. The number of fused-ring (bicyclic) bond motifs is 2. The fraction of sp³-hybridized carbons (Fsp3) is 0.562. The normalized spacial score (nSPS) is 39.9. The quantitative estimate of drug-likeness (QED) is 0.755. The number of carbonyl (C=O) groups is 1. The molecule has 3 unspecified atom stereocenters. The summed E-state index contributed by atoms with van der Waals surface area (Å²) in [5, 5.41) is 0. The molecule has 2 aliphatic rings. The second-order valence-corrected chi connectivity index (χ2v) is 6.27. The summed E-state index contributed by atoms with van der Waals surface area (Å²) < 4.78 is 0. The van der Waals surface area contributed by atoms with Crippen LogP contribution in [-0.2, 0) is 11.2 Å². The zero-order chi connectivity index (χ0) is 12.1. The van der Waals surface area contributed by atoms with Gasteiger partial charge in [-0.25, -0.2) is 0 Å². The van der Waals surface area contributed by atoms with Gasteiger partial charge in [-0.2, -0.15) is 0 Å². The van der Waals surface area contributed by atoms with Crippen molar-refractivity contribution in [3.05, 3.63) is 35.9 Å². The van der Waals surface area contributed by atoms with Crippen LogP contribution in [-0.4, -0.2) is 5.78 Å². The van der Waals surface area contributed by atoms with E-state index in [1.807, 2.05) is 0 Å². The Balaban J connectivity index is 1.95. The molecule has 0 aliphatic heterocycles. The van der Waals surface area contributed by atoms with Gasteiger partial charge in [-0.3, -0.25) is 4.79 Å². The van der Waals surface area contributed by atoms with Gasteiger partial charge in [0.15, 0.2) is 0 Å².